The monoisotopic (exact) mass is 521 g/mol. The van der Waals surface area contributed by atoms with Gasteiger partial charge in [-0.2, -0.15) is 4.98 Å². The minimum Gasteiger partial charge on any atom is -0.494 e. The molecule has 0 amide bonds. The van der Waals surface area contributed by atoms with Crippen LogP contribution in [0.4, 0.5) is 11.8 Å². The Morgan fingerprint density at radius 1 is 1.00 bits per heavy atom. The predicted molar refractivity (Wildman–Crippen MR) is 155 cm³/mol. The van der Waals surface area contributed by atoms with Crippen LogP contribution in [0.25, 0.3) is 0 Å². The molecule has 1 aliphatic carbocycles. The van der Waals surface area contributed by atoms with E-state index in [4.69, 9.17) is 14.7 Å². The first-order chi connectivity index (χ1) is 18.7. The summed E-state index contributed by atoms with van der Waals surface area (Å²) in [5, 5.41) is 11.1. The molecular formula is C30H47N7O. The number of nitrogens with zero attached hydrogens (tertiary/aromatic N) is 4. The van der Waals surface area contributed by atoms with Gasteiger partial charge in [-0.25, -0.2) is 4.98 Å². The lowest BCUT2D eigenvalue weighted by molar-refractivity contribution is 0.281. The summed E-state index contributed by atoms with van der Waals surface area (Å²) in [5.74, 6) is 2.94. The maximum atomic E-state index is 5.89. The molecule has 0 spiro atoms. The molecule has 1 saturated heterocycles. The average molecular weight is 522 g/mol. The molecule has 1 aromatic heterocycles. The molecule has 2 aromatic rings. The molecule has 3 N–H and O–H groups in total. The van der Waals surface area contributed by atoms with Gasteiger partial charge in [-0.05, 0) is 70.3 Å². The predicted octanol–water partition coefficient (Wildman–Crippen LogP) is 3.96. The molecular weight excluding hydrogens is 474 g/mol. The number of hydrogen-bond acceptors (Lipinski definition) is 8. The van der Waals surface area contributed by atoms with Gasteiger partial charge in [-0.15, -0.1) is 0 Å². The van der Waals surface area contributed by atoms with Gasteiger partial charge in [0.25, 0.3) is 0 Å². The Kier molecular flexibility index (Phi) is 9.71. The SMILES string of the molecule is CN(C)CCCOc1ccc(CNC2CCCC2Nc2nc3c(c(N4CCCCCC4)n2)CNCC3)cc1. The topological polar surface area (TPSA) is 77.6 Å². The summed E-state index contributed by atoms with van der Waals surface area (Å²) in [5.41, 5.74) is 3.83. The van der Waals surface area contributed by atoms with Crippen LogP contribution in [0.2, 0.25) is 0 Å². The van der Waals surface area contributed by atoms with Gasteiger partial charge < -0.3 is 30.5 Å². The summed E-state index contributed by atoms with van der Waals surface area (Å²) in [6, 6.07) is 9.32. The molecule has 3 aliphatic rings. The van der Waals surface area contributed by atoms with Crippen LogP contribution in [0.15, 0.2) is 24.3 Å². The summed E-state index contributed by atoms with van der Waals surface area (Å²) in [6.45, 7) is 6.76. The molecule has 1 aromatic carbocycles. The van der Waals surface area contributed by atoms with Crippen LogP contribution in [0.3, 0.4) is 0 Å². The van der Waals surface area contributed by atoms with Crippen molar-refractivity contribution in [2.45, 2.75) is 83.0 Å². The zero-order valence-corrected chi connectivity index (χ0v) is 23.5. The van der Waals surface area contributed by atoms with E-state index in [1.54, 1.807) is 0 Å². The number of anilines is 2. The zero-order chi connectivity index (χ0) is 26.2. The molecule has 38 heavy (non-hydrogen) atoms. The second kappa shape index (κ2) is 13.6. The lowest BCUT2D eigenvalue weighted by Gasteiger charge is -2.29. The first-order valence-corrected chi connectivity index (χ1v) is 14.9. The maximum Gasteiger partial charge on any atom is 0.225 e. The Balaban J connectivity index is 1.18. The molecule has 2 fully saturated rings. The molecule has 5 rings (SSSR count). The molecule has 8 nitrogen and oxygen atoms in total. The fourth-order valence-electron chi connectivity index (χ4n) is 6.00. The number of rotatable bonds is 11. The first kappa shape index (κ1) is 27.2. The molecule has 0 bridgehead atoms. The van der Waals surface area contributed by atoms with Gasteiger partial charge in [0.05, 0.1) is 12.3 Å². The standard InChI is InChI=1S/C30H47N7O/c1-36(2)17-8-20-38-24-13-11-23(12-14-24)21-32-27-9-7-10-28(27)34-30-33-26-15-16-31-22-25(26)29(35-30)37-18-5-3-4-6-19-37/h11-14,27-28,31-32H,3-10,15-22H2,1-2H3,(H,33,34,35). The average Bonchev–Trinajstić information content (AvgIpc) is 3.19. The highest BCUT2D eigenvalue weighted by atomic mass is 16.5. The van der Waals surface area contributed by atoms with Crippen molar-refractivity contribution in [2.75, 3.05) is 57.1 Å². The van der Waals surface area contributed by atoms with Crippen LogP contribution in [0.5, 0.6) is 5.75 Å². The zero-order valence-electron chi connectivity index (χ0n) is 23.5. The highest BCUT2D eigenvalue weighted by Crippen LogP contribution is 2.29. The van der Waals surface area contributed by atoms with Crippen LogP contribution in [0, 0.1) is 0 Å². The van der Waals surface area contributed by atoms with Crippen molar-refractivity contribution in [2.24, 2.45) is 0 Å². The largest absolute Gasteiger partial charge is 0.494 e. The van der Waals surface area contributed by atoms with Crippen molar-refractivity contribution in [1.82, 2.24) is 25.5 Å². The van der Waals surface area contributed by atoms with Crippen LogP contribution < -0.4 is 25.6 Å². The molecule has 3 heterocycles. The molecule has 1 saturated carbocycles. The number of hydrogen-bond donors (Lipinski definition) is 3. The normalized spacial score (nSPS) is 21.8. The van der Waals surface area contributed by atoms with E-state index in [1.807, 2.05) is 0 Å². The number of fused-ring (bicyclic) bond motifs is 1. The summed E-state index contributed by atoms with van der Waals surface area (Å²) in [6.07, 6.45) is 10.7. The Morgan fingerprint density at radius 3 is 2.58 bits per heavy atom. The van der Waals surface area contributed by atoms with Crippen molar-refractivity contribution in [1.29, 1.82) is 0 Å². The van der Waals surface area contributed by atoms with Crippen molar-refractivity contribution < 1.29 is 4.74 Å². The Bertz CT molecular complexity index is 1000. The fourth-order valence-corrected chi connectivity index (χ4v) is 6.00. The fraction of sp³-hybridized carbons (Fsp3) is 0.667. The van der Waals surface area contributed by atoms with Crippen molar-refractivity contribution in [3.05, 3.63) is 41.1 Å². The van der Waals surface area contributed by atoms with Crippen molar-refractivity contribution >= 4 is 11.8 Å². The summed E-state index contributed by atoms with van der Waals surface area (Å²) in [7, 11) is 4.19. The summed E-state index contributed by atoms with van der Waals surface area (Å²) >= 11 is 0. The van der Waals surface area contributed by atoms with E-state index in [2.05, 4.69) is 64.1 Å². The smallest absolute Gasteiger partial charge is 0.225 e. The quantitative estimate of drug-likeness (QED) is 0.384. The van der Waals surface area contributed by atoms with Gasteiger partial charge in [0.2, 0.25) is 5.95 Å². The first-order valence-electron chi connectivity index (χ1n) is 14.9. The van der Waals surface area contributed by atoms with Gasteiger partial charge in [0.15, 0.2) is 0 Å². The van der Waals surface area contributed by atoms with Gasteiger partial charge in [-0.3, -0.25) is 0 Å². The van der Waals surface area contributed by atoms with Crippen molar-refractivity contribution in [3.8, 4) is 5.75 Å². The second-order valence-corrected chi connectivity index (χ2v) is 11.4. The Hall–Kier alpha value is -2.42. The van der Waals surface area contributed by atoms with Crippen LogP contribution >= 0.6 is 0 Å². The van der Waals surface area contributed by atoms with Gasteiger partial charge in [0.1, 0.15) is 11.6 Å². The molecule has 2 aliphatic heterocycles. The molecule has 208 valence electrons. The number of aromatic nitrogens is 2. The van der Waals surface area contributed by atoms with E-state index in [9.17, 15) is 0 Å². The van der Waals surface area contributed by atoms with Crippen LogP contribution in [0.1, 0.15) is 68.2 Å². The van der Waals surface area contributed by atoms with E-state index < -0.39 is 0 Å². The molecule has 8 heteroatoms. The van der Waals surface area contributed by atoms with E-state index in [-0.39, 0.29) is 0 Å². The molecule has 0 radical (unpaired) electrons. The highest BCUT2D eigenvalue weighted by molar-refractivity contribution is 5.54. The number of benzene rings is 1. The Morgan fingerprint density at radius 2 is 1.79 bits per heavy atom. The third-order valence-electron chi connectivity index (χ3n) is 8.16. The van der Waals surface area contributed by atoms with Gasteiger partial charge in [0, 0.05) is 63.3 Å². The van der Waals surface area contributed by atoms with Crippen molar-refractivity contribution in [3.63, 3.8) is 0 Å². The summed E-state index contributed by atoms with van der Waals surface area (Å²) in [4.78, 5) is 14.9. The molecule has 2 unspecified atom stereocenters. The van der Waals surface area contributed by atoms with Gasteiger partial charge in [-0.1, -0.05) is 25.0 Å². The van der Waals surface area contributed by atoms with E-state index in [0.29, 0.717) is 12.1 Å². The number of ether oxygens (including phenoxy) is 1. The van der Waals surface area contributed by atoms with Crippen LogP contribution in [-0.4, -0.2) is 73.8 Å². The third kappa shape index (κ3) is 7.36. The maximum absolute atomic E-state index is 5.89. The second-order valence-electron chi connectivity index (χ2n) is 11.4. The number of nitrogens with one attached hydrogen (secondary N) is 3. The third-order valence-corrected chi connectivity index (χ3v) is 8.16. The lowest BCUT2D eigenvalue weighted by atomic mass is 10.1. The van der Waals surface area contributed by atoms with E-state index in [1.165, 1.54) is 55.3 Å². The lowest BCUT2D eigenvalue weighted by Crippen LogP contribution is -2.40. The highest BCUT2D eigenvalue weighted by Gasteiger charge is 2.29. The van der Waals surface area contributed by atoms with Gasteiger partial charge >= 0.3 is 0 Å². The summed E-state index contributed by atoms with van der Waals surface area (Å²) < 4.78 is 5.89. The minimum absolute atomic E-state index is 0.353. The minimum atomic E-state index is 0.353. The Labute approximate surface area is 228 Å². The van der Waals surface area contributed by atoms with E-state index in [0.717, 1.165) is 82.7 Å². The molecule has 2 atom stereocenters. The van der Waals surface area contributed by atoms with Crippen LogP contribution in [-0.2, 0) is 19.5 Å². The van der Waals surface area contributed by atoms with E-state index >= 15 is 0 Å².